The van der Waals surface area contributed by atoms with Crippen LogP contribution in [-0.4, -0.2) is 0 Å². The Balaban J connectivity index is 0.000000180. The molecule has 0 saturated carbocycles. The first-order valence-corrected chi connectivity index (χ1v) is 5.18. The van der Waals surface area contributed by atoms with Gasteiger partial charge in [-0.25, -0.2) is 0 Å². The van der Waals surface area contributed by atoms with Crippen molar-refractivity contribution in [1.82, 2.24) is 0 Å². The van der Waals surface area contributed by atoms with Crippen LogP contribution in [0.15, 0.2) is 81.3 Å². The summed E-state index contributed by atoms with van der Waals surface area (Å²) in [6, 6.07) is 18.7. The molecule has 6 nitrogen and oxygen atoms in total. The van der Waals surface area contributed by atoms with Gasteiger partial charge in [0.15, 0.2) is 0 Å². The van der Waals surface area contributed by atoms with Crippen LogP contribution in [-0.2, 0) is 0 Å². The Morgan fingerprint density at radius 3 is 1.17 bits per heavy atom. The van der Waals surface area contributed by atoms with E-state index in [4.69, 9.17) is 11.7 Å². The number of hydrogen-bond acceptors (Lipinski definition) is 4. The summed E-state index contributed by atoms with van der Waals surface area (Å²) in [5.74, 6) is 9.64. The second-order valence-electron chi connectivity index (χ2n) is 3.10. The Labute approximate surface area is 105 Å². The Bertz CT molecular complexity index is 433. The number of nitrogens with zero attached hydrogens (tertiary/aromatic N) is 4. The van der Waals surface area contributed by atoms with E-state index >= 15 is 0 Å². The lowest BCUT2D eigenvalue weighted by atomic mass is 10.3. The van der Waals surface area contributed by atoms with Crippen molar-refractivity contribution in [1.29, 1.82) is 0 Å². The molecule has 0 unspecified atom stereocenters. The van der Waals surface area contributed by atoms with Crippen LogP contribution in [0.25, 0.3) is 0 Å². The number of benzene rings is 2. The topological polar surface area (TPSA) is 101 Å². The van der Waals surface area contributed by atoms with Gasteiger partial charge in [0.25, 0.3) is 0 Å². The number of nitrogens with two attached hydrogens (primary N) is 2. The van der Waals surface area contributed by atoms with Gasteiger partial charge in [-0.3, -0.25) is 0 Å². The number of hydrogen-bond donors (Lipinski definition) is 2. The van der Waals surface area contributed by atoms with Gasteiger partial charge in [0.2, 0.25) is 0 Å². The molecule has 0 bridgehead atoms. The molecule has 0 atom stereocenters. The second-order valence-corrected chi connectivity index (χ2v) is 3.10. The van der Waals surface area contributed by atoms with E-state index in [9.17, 15) is 0 Å². The van der Waals surface area contributed by atoms with E-state index in [1.54, 1.807) is 0 Å². The molecule has 0 saturated heterocycles. The zero-order valence-electron chi connectivity index (χ0n) is 9.72. The Kier molecular flexibility index (Phi) is 6.21. The largest absolute Gasteiger partial charge is 0.305 e. The minimum Gasteiger partial charge on any atom is -0.305 e. The van der Waals surface area contributed by atoms with Gasteiger partial charge in [0, 0.05) is 0 Å². The molecular weight excluding hydrogens is 228 g/mol. The average molecular weight is 242 g/mol. The van der Waals surface area contributed by atoms with E-state index in [1.807, 2.05) is 60.7 Å². The van der Waals surface area contributed by atoms with E-state index in [2.05, 4.69) is 20.7 Å². The van der Waals surface area contributed by atoms with Crippen molar-refractivity contribution in [3.05, 3.63) is 60.7 Å². The third kappa shape index (κ3) is 5.36. The molecule has 4 N–H and O–H groups in total. The molecule has 0 radical (unpaired) electrons. The lowest BCUT2D eigenvalue weighted by Gasteiger charge is -1.84. The summed E-state index contributed by atoms with van der Waals surface area (Å²) in [6.07, 6.45) is 0. The van der Waals surface area contributed by atoms with Crippen LogP contribution in [0, 0.1) is 0 Å². The lowest BCUT2D eigenvalue weighted by Crippen LogP contribution is -1.72. The van der Waals surface area contributed by atoms with Gasteiger partial charge >= 0.3 is 0 Å². The summed E-state index contributed by atoms with van der Waals surface area (Å²) in [7, 11) is 0. The third-order valence-electron chi connectivity index (χ3n) is 1.86. The molecule has 0 fully saturated rings. The van der Waals surface area contributed by atoms with E-state index in [0.29, 0.717) is 0 Å². The zero-order valence-corrected chi connectivity index (χ0v) is 9.72. The van der Waals surface area contributed by atoms with Gasteiger partial charge in [-0.1, -0.05) is 46.8 Å². The van der Waals surface area contributed by atoms with Gasteiger partial charge in [-0.2, -0.15) is 0 Å². The molecule has 92 valence electrons. The monoisotopic (exact) mass is 242 g/mol. The lowest BCUT2D eigenvalue weighted by molar-refractivity contribution is 1.06. The minimum atomic E-state index is 0.778. The highest BCUT2D eigenvalue weighted by molar-refractivity contribution is 5.35. The Morgan fingerprint density at radius 1 is 0.556 bits per heavy atom. The van der Waals surface area contributed by atoms with Crippen molar-refractivity contribution < 1.29 is 0 Å². The molecule has 0 aromatic heterocycles. The Morgan fingerprint density at radius 2 is 0.889 bits per heavy atom. The van der Waals surface area contributed by atoms with Crippen LogP contribution < -0.4 is 11.7 Å². The summed E-state index contributed by atoms with van der Waals surface area (Å²) in [5.41, 5.74) is 1.56. The van der Waals surface area contributed by atoms with Crippen LogP contribution in [0.3, 0.4) is 0 Å². The highest BCUT2D eigenvalue weighted by Crippen LogP contribution is 2.08. The van der Waals surface area contributed by atoms with Gasteiger partial charge < -0.3 is 11.7 Å². The van der Waals surface area contributed by atoms with Crippen molar-refractivity contribution in [2.24, 2.45) is 32.4 Å². The smallest absolute Gasteiger partial charge is 0.0874 e. The maximum absolute atomic E-state index is 4.82. The fourth-order valence-corrected chi connectivity index (χ4v) is 1.12. The van der Waals surface area contributed by atoms with Crippen LogP contribution in [0.1, 0.15) is 0 Å². The van der Waals surface area contributed by atoms with Crippen LogP contribution >= 0.6 is 0 Å². The molecule has 18 heavy (non-hydrogen) atoms. The molecule has 0 amide bonds. The molecule has 2 aromatic carbocycles. The van der Waals surface area contributed by atoms with E-state index < -0.39 is 0 Å². The molecule has 0 spiro atoms. The minimum absolute atomic E-state index is 0.778. The molecule has 0 aliphatic rings. The quantitative estimate of drug-likeness (QED) is 0.479. The molecule has 6 heteroatoms. The summed E-state index contributed by atoms with van der Waals surface area (Å²) in [4.78, 5) is 0. The van der Waals surface area contributed by atoms with Gasteiger partial charge in [0.05, 0.1) is 11.4 Å². The predicted octanol–water partition coefficient (Wildman–Crippen LogP) is 3.29. The molecule has 0 aliphatic carbocycles. The highest BCUT2D eigenvalue weighted by Gasteiger charge is 1.81. The van der Waals surface area contributed by atoms with Crippen LogP contribution in [0.5, 0.6) is 0 Å². The normalized spacial score (nSPS) is 10.2. The van der Waals surface area contributed by atoms with Gasteiger partial charge in [-0.15, -0.1) is 10.2 Å². The van der Waals surface area contributed by atoms with E-state index in [-0.39, 0.29) is 0 Å². The first-order valence-electron chi connectivity index (χ1n) is 5.18. The first kappa shape index (κ1) is 13.3. The number of rotatable bonds is 2. The maximum Gasteiger partial charge on any atom is 0.0874 e. The molecule has 0 aliphatic heterocycles. The summed E-state index contributed by atoms with van der Waals surface area (Å²) >= 11 is 0. The van der Waals surface area contributed by atoms with Crippen molar-refractivity contribution in [3.8, 4) is 0 Å². The highest BCUT2D eigenvalue weighted by atomic mass is 15.3. The fraction of sp³-hybridized carbons (Fsp3) is 0. The second kappa shape index (κ2) is 8.40. The SMILES string of the molecule is NN=Nc1ccccc1.NN=Nc1ccccc1. The molecule has 2 rings (SSSR count). The average Bonchev–Trinajstić information content (AvgIpc) is 2.43. The van der Waals surface area contributed by atoms with Crippen LogP contribution in [0.2, 0.25) is 0 Å². The fourth-order valence-electron chi connectivity index (χ4n) is 1.12. The predicted molar refractivity (Wildman–Crippen MR) is 70.3 cm³/mol. The summed E-state index contributed by atoms with van der Waals surface area (Å²) in [5, 5.41) is 13.5. The van der Waals surface area contributed by atoms with E-state index in [0.717, 1.165) is 11.4 Å². The Hall–Kier alpha value is -2.76. The molecule has 0 heterocycles. The van der Waals surface area contributed by atoms with Gasteiger partial charge in [-0.05, 0) is 24.3 Å². The summed E-state index contributed by atoms with van der Waals surface area (Å²) in [6.45, 7) is 0. The maximum atomic E-state index is 4.82. The van der Waals surface area contributed by atoms with Crippen molar-refractivity contribution in [3.63, 3.8) is 0 Å². The van der Waals surface area contributed by atoms with Crippen molar-refractivity contribution >= 4 is 11.4 Å². The molecular formula is C12H14N6. The first-order chi connectivity index (χ1) is 8.86. The standard InChI is InChI=1S/2C6H7N3/c2*7-9-8-6-4-2-1-3-5-6/h2*1-5H,(H2,7,8). The summed E-state index contributed by atoms with van der Waals surface area (Å²) < 4.78 is 0. The van der Waals surface area contributed by atoms with Crippen molar-refractivity contribution in [2.45, 2.75) is 0 Å². The molecule has 2 aromatic rings. The third-order valence-corrected chi connectivity index (χ3v) is 1.86. The van der Waals surface area contributed by atoms with Crippen molar-refractivity contribution in [2.75, 3.05) is 0 Å². The van der Waals surface area contributed by atoms with Crippen LogP contribution in [0.4, 0.5) is 11.4 Å². The zero-order chi connectivity index (χ0) is 13.1. The van der Waals surface area contributed by atoms with E-state index in [1.165, 1.54) is 0 Å². The van der Waals surface area contributed by atoms with Gasteiger partial charge in [0.1, 0.15) is 0 Å².